The fourth-order valence-corrected chi connectivity index (χ4v) is 2.30. The molecule has 0 saturated heterocycles. The predicted molar refractivity (Wildman–Crippen MR) is 80.3 cm³/mol. The van der Waals surface area contributed by atoms with E-state index in [9.17, 15) is 0 Å². The number of hydrogen-bond donors (Lipinski definition) is 1. The van der Waals surface area contributed by atoms with Gasteiger partial charge in [-0.15, -0.1) is 0 Å². The number of anilines is 1. The van der Waals surface area contributed by atoms with Gasteiger partial charge in [-0.2, -0.15) is 0 Å². The van der Waals surface area contributed by atoms with Gasteiger partial charge in [0.1, 0.15) is 0 Å². The van der Waals surface area contributed by atoms with Crippen LogP contribution in [0.25, 0.3) is 0 Å². The third-order valence-electron chi connectivity index (χ3n) is 3.11. The summed E-state index contributed by atoms with van der Waals surface area (Å²) in [6, 6.07) is 9.94. The molecule has 1 heterocycles. The fourth-order valence-electron chi connectivity index (χ4n) is 2.10. The normalized spacial score (nSPS) is 10.5. The molecule has 0 amide bonds. The van der Waals surface area contributed by atoms with Crippen molar-refractivity contribution in [3.8, 4) is 0 Å². The van der Waals surface area contributed by atoms with E-state index < -0.39 is 0 Å². The van der Waals surface area contributed by atoms with Crippen LogP contribution in [0.15, 0.2) is 42.7 Å². The SMILES string of the molecule is CCN(Cc1ccncc1)c1ccc(Cl)cc1CN. The van der Waals surface area contributed by atoms with Gasteiger partial charge in [0.25, 0.3) is 0 Å². The van der Waals surface area contributed by atoms with Crippen LogP contribution in [-0.2, 0) is 13.1 Å². The van der Waals surface area contributed by atoms with E-state index in [0.717, 1.165) is 29.4 Å². The van der Waals surface area contributed by atoms with Crippen LogP contribution < -0.4 is 10.6 Å². The van der Waals surface area contributed by atoms with E-state index in [0.29, 0.717) is 6.54 Å². The van der Waals surface area contributed by atoms with Gasteiger partial charge in [-0.1, -0.05) is 11.6 Å². The molecule has 0 saturated carbocycles. The molecule has 0 aliphatic carbocycles. The molecule has 100 valence electrons. The number of halogens is 1. The third-order valence-corrected chi connectivity index (χ3v) is 3.34. The Morgan fingerprint density at radius 2 is 1.95 bits per heavy atom. The zero-order valence-electron chi connectivity index (χ0n) is 11.0. The molecule has 4 heteroatoms. The highest BCUT2D eigenvalue weighted by molar-refractivity contribution is 6.30. The Balaban J connectivity index is 2.27. The molecule has 0 aliphatic rings. The van der Waals surface area contributed by atoms with Crippen LogP contribution in [0.1, 0.15) is 18.1 Å². The second kappa shape index (κ2) is 6.55. The number of pyridine rings is 1. The first kappa shape index (κ1) is 13.8. The van der Waals surface area contributed by atoms with Crippen LogP contribution in [0.5, 0.6) is 0 Å². The zero-order valence-corrected chi connectivity index (χ0v) is 11.8. The van der Waals surface area contributed by atoms with Gasteiger partial charge >= 0.3 is 0 Å². The summed E-state index contributed by atoms with van der Waals surface area (Å²) in [5.74, 6) is 0. The van der Waals surface area contributed by atoms with Crippen molar-refractivity contribution in [3.05, 3.63) is 58.9 Å². The Morgan fingerprint density at radius 1 is 1.21 bits per heavy atom. The molecule has 0 fully saturated rings. The lowest BCUT2D eigenvalue weighted by atomic mass is 10.1. The van der Waals surface area contributed by atoms with E-state index in [-0.39, 0.29) is 0 Å². The van der Waals surface area contributed by atoms with E-state index in [2.05, 4.69) is 16.8 Å². The first-order valence-electron chi connectivity index (χ1n) is 6.37. The average molecular weight is 276 g/mol. The molecule has 1 aromatic heterocycles. The van der Waals surface area contributed by atoms with Crippen LogP contribution >= 0.6 is 11.6 Å². The Hall–Kier alpha value is -1.58. The Bertz CT molecular complexity index is 528. The average Bonchev–Trinajstić information content (AvgIpc) is 2.46. The Labute approximate surface area is 119 Å². The molecular weight excluding hydrogens is 258 g/mol. The molecule has 19 heavy (non-hydrogen) atoms. The van der Waals surface area contributed by atoms with Gasteiger partial charge in [-0.25, -0.2) is 0 Å². The van der Waals surface area contributed by atoms with Gasteiger partial charge in [0, 0.05) is 42.7 Å². The largest absolute Gasteiger partial charge is 0.367 e. The van der Waals surface area contributed by atoms with E-state index in [4.69, 9.17) is 17.3 Å². The molecular formula is C15H18ClN3. The second-order valence-electron chi connectivity index (χ2n) is 4.35. The lowest BCUT2D eigenvalue weighted by molar-refractivity contribution is 0.820. The van der Waals surface area contributed by atoms with Gasteiger partial charge in [-0.3, -0.25) is 4.98 Å². The highest BCUT2D eigenvalue weighted by Gasteiger charge is 2.10. The summed E-state index contributed by atoms with van der Waals surface area (Å²) in [7, 11) is 0. The lowest BCUT2D eigenvalue weighted by Crippen LogP contribution is -2.23. The molecule has 2 aromatic rings. The minimum Gasteiger partial charge on any atom is -0.367 e. The molecule has 3 nitrogen and oxygen atoms in total. The van der Waals surface area contributed by atoms with Crippen LogP contribution in [0.2, 0.25) is 5.02 Å². The van der Waals surface area contributed by atoms with Crippen molar-refractivity contribution in [1.29, 1.82) is 0 Å². The third kappa shape index (κ3) is 3.46. The molecule has 2 rings (SSSR count). The van der Waals surface area contributed by atoms with Crippen molar-refractivity contribution >= 4 is 17.3 Å². The van der Waals surface area contributed by atoms with E-state index in [1.54, 1.807) is 0 Å². The molecule has 1 aromatic carbocycles. The maximum Gasteiger partial charge on any atom is 0.0430 e. The number of benzene rings is 1. The van der Waals surface area contributed by atoms with Crippen LogP contribution in [0.3, 0.4) is 0 Å². The van der Waals surface area contributed by atoms with Gasteiger partial charge in [0.05, 0.1) is 0 Å². The van der Waals surface area contributed by atoms with E-state index in [1.807, 2.05) is 42.7 Å². The Kier molecular flexibility index (Phi) is 4.77. The number of aromatic nitrogens is 1. The minimum atomic E-state index is 0.489. The second-order valence-corrected chi connectivity index (χ2v) is 4.78. The molecule has 0 atom stereocenters. The van der Waals surface area contributed by atoms with Gasteiger partial charge < -0.3 is 10.6 Å². The minimum absolute atomic E-state index is 0.489. The zero-order chi connectivity index (χ0) is 13.7. The summed E-state index contributed by atoms with van der Waals surface area (Å²) in [5.41, 5.74) is 9.26. The molecule has 2 N–H and O–H groups in total. The van der Waals surface area contributed by atoms with Crippen LogP contribution in [-0.4, -0.2) is 11.5 Å². The quantitative estimate of drug-likeness (QED) is 0.911. The summed E-state index contributed by atoms with van der Waals surface area (Å²) >= 11 is 6.02. The summed E-state index contributed by atoms with van der Waals surface area (Å²) in [6.45, 7) is 4.38. The van der Waals surface area contributed by atoms with Crippen molar-refractivity contribution in [2.75, 3.05) is 11.4 Å². The number of nitrogens with two attached hydrogens (primary N) is 1. The van der Waals surface area contributed by atoms with Crippen molar-refractivity contribution in [2.45, 2.75) is 20.0 Å². The van der Waals surface area contributed by atoms with E-state index >= 15 is 0 Å². The topological polar surface area (TPSA) is 42.2 Å². The molecule has 0 bridgehead atoms. The summed E-state index contributed by atoms with van der Waals surface area (Å²) in [4.78, 5) is 6.33. The summed E-state index contributed by atoms with van der Waals surface area (Å²) in [5, 5.41) is 0.726. The fraction of sp³-hybridized carbons (Fsp3) is 0.267. The van der Waals surface area contributed by atoms with Gasteiger partial charge in [-0.05, 0) is 48.4 Å². The maximum absolute atomic E-state index is 6.02. The first-order valence-corrected chi connectivity index (χ1v) is 6.74. The molecule has 0 aliphatic heterocycles. The number of nitrogens with zero attached hydrogens (tertiary/aromatic N) is 2. The highest BCUT2D eigenvalue weighted by Crippen LogP contribution is 2.25. The van der Waals surface area contributed by atoms with Gasteiger partial charge in [0.15, 0.2) is 0 Å². The summed E-state index contributed by atoms with van der Waals surface area (Å²) in [6.07, 6.45) is 3.63. The van der Waals surface area contributed by atoms with Crippen molar-refractivity contribution in [3.63, 3.8) is 0 Å². The molecule has 0 spiro atoms. The molecule has 0 radical (unpaired) electrons. The Morgan fingerprint density at radius 3 is 2.58 bits per heavy atom. The standard InChI is InChI=1S/C15H18ClN3/c1-2-19(11-12-5-7-18-8-6-12)15-4-3-14(16)9-13(15)10-17/h3-9H,2,10-11,17H2,1H3. The lowest BCUT2D eigenvalue weighted by Gasteiger charge is -2.25. The van der Waals surface area contributed by atoms with Crippen molar-refractivity contribution in [2.24, 2.45) is 5.73 Å². The molecule has 0 unspecified atom stereocenters. The first-order chi connectivity index (χ1) is 9.24. The smallest absolute Gasteiger partial charge is 0.0430 e. The monoisotopic (exact) mass is 275 g/mol. The van der Waals surface area contributed by atoms with Crippen molar-refractivity contribution in [1.82, 2.24) is 4.98 Å². The van der Waals surface area contributed by atoms with Crippen LogP contribution in [0, 0.1) is 0 Å². The number of hydrogen-bond acceptors (Lipinski definition) is 3. The summed E-state index contributed by atoms with van der Waals surface area (Å²) < 4.78 is 0. The van der Waals surface area contributed by atoms with Gasteiger partial charge in [0.2, 0.25) is 0 Å². The van der Waals surface area contributed by atoms with Crippen LogP contribution in [0.4, 0.5) is 5.69 Å². The predicted octanol–water partition coefficient (Wildman–Crippen LogP) is 3.22. The maximum atomic E-state index is 6.02. The highest BCUT2D eigenvalue weighted by atomic mass is 35.5. The van der Waals surface area contributed by atoms with Crippen molar-refractivity contribution < 1.29 is 0 Å². The number of rotatable bonds is 5. The van der Waals surface area contributed by atoms with E-state index in [1.165, 1.54) is 5.56 Å².